The molecule has 0 saturated heterocycles. The number of para-hydroxylation sites is 1. The number of halogens is 1. The minimum Gasteiger partial charge on any atom is -0.361 e. The molecular weight excluding hydrogens is 549 g/mol. The molecule has 0 bridgehead atoms. The first-order valence-electron chi connectivity index (χ1n) is 15.2. The zero-order chi connectivity index (χ0) is 30.8. The Morgan fingerprint density at radius 1 is 0.773 bits per heavy atom. The van der Waals surface area contributed by atoms with E-state index < -0.39 is 0 Å². The molecule has 0 unspecified atom stereocenters. The van der Waals surface area contributed by atoms with E-state index in [1.807, 2.05) is 36.7 Å². The molecule has 0 aliphatic rings. The van der Waals surface area contributed by atoms with Crippen LogP contribution in [0.5, 0.6) is 0 Å². The molecule has 3 aromatic heterocycles. The van der Waals surface area contributed by atoms with E-state index in [2.05, 4.69) is 103 Å². The van der Waals surface area contributed by atoms with Crippen molar-refractivity contribution >= 4 is 10.9 Å². The summed E-state index contributed by atoms with van der Waals surface area (Å²) < 4.78 is 11.3. The molecule has 5 aromatic rings. The number of hydrogen-bond donors (Lipinski definition) is 4. The van der Waals surface area contributed by atoms with Gasteiger partial charge in [-0.05, 0) is 60.9 Å². The Balaban J connectivity index is 0.000000818. The van der Waals surface area contributed by atoms with E-state index >= 15 is 0 Å². The van der Waals surface area contributed by atoms with Crippen LogP contribution >= 0.6 is 0 Å². The van der Waals surface area contributed by atoms with Gasteiger partial charge < -0.3 is 15.6 Å². The number of benzene rings is 2. The lowest BCUT2D eigenvalue weighted by atomic mass is 10.1. The van der Waals surface area contributed by atoms with Gasteiger partial charge in [0.05, 0.1) is 17.2 Å². The second-order valence-corrected chi connectivity index (χ2v) is 10.6. The lowest BCUT2D eigenvalue weighted by molar-refractivity contribution is 0.242. The molecule has 0 atom stereocenters. The molecule has 0 fully saturated rings. The van der Waals surface area contributed by atoms with E-state index in [-0.39, 0.29) is 5.83 Å². The third-order valence-electron chi connectivity index (χ3n) is 7.15. The summed E-state index contributed by atoms with van der Waals surface area (Å²) in [5, 5.41) is 12.0. The van der Waals surface area contributed by atoms with Crippen LogP contribution in [0.25, 0.3) is 10.9 Å². The molecule has 3 heterocycles. The standard InChI is InChI=1S/C32H37N7.C4H7F/c1-2-10-32-31(9-1)28(21-38-32)20-34-19-26-11-13-27(14-12-26)24-39(25-35-23-30-8-4-6-16-37-30)18-17-33-22-29-7-3-5-15-36-29;1-3-4(2)5/h1-16,21,33-35,38H,17-20,22-25H2;3H,1-2H3/b;4-3+. The minimum atomic E-state index is -0.120. The fourth-order valence-corrected chi connectivity index (χ4v) is 4.66. The van der Waals surface area contributed by atoms with Crippen LogP contribution in [0.2, 0.25) is 0 Å². The Labute approximate surface area is 260 Å². The minimum absolute atomic E-state index is 0.120. The van der Waals surface area contributed by atoms with Crippen LogP contribution in [0, 0.1) is 0 Å². The van der Waals surface area contributed by atoms with Crippen molar-refractivity contribution in [2.45, 2.75) is 46.6 Å². The highest BCUT2D eigenvalue weighted by Gasteiger charge is 2.08. The van der Waals surface area contributed by atoms with Crippen molar-refractivity contribution in [3.05, 3.63) is 144 Å². The number of pyridine rings is 2. The van der Waals surface area contributed by atoms with Crippen molar-refractivity contribution in [3.63, 3.8) is 0 Å². The van der Waals surface area contributed by atoms with Gasteiger partial charge in [-0.25, -0.2) is 4.39 Å². The second-order valence-electron chi connectivity index (χ2n) is 10.6. The molecule has 7 nitrogen and oxygen atoms in total. The molecule has 0 radical (unpaired) electrons. The number of aromatic amines is 1. The van der Waals surface area contributed by atoms with Crippen molar-refractivity contribution in [2.24, 2.45) is 0 Å². The maximum atomic E-state index is 11.3. The quantitative estimate of drug-likeness (QED) is 0.0824. The molecule has 230 valence electrons. The normalized spacial score (nSPS) is 11.5. The Hall–Kier alpha value is -4.21. The number of allylic oxidation sites excluding steroid dienone is 2. The van der Waals surface area contributed by atoms with E-state index in [4.69, 9.17) is 0 Å². The lowest BCUT2D eigenvalue weighted by Gasteiger charge is -2.23. The smallest absolute Gasteiger partial charge is 0.0926 e. The van der Waals surface area contributed by atoms with Crippen molar-refractivity contribution in [2.75, 3.05) is 19.8 Å². The van der Waals surface area contributed by atoms with Crippen molar-refractivity contribution in [1.82, 2.24) is 35.8 Å². The number of nitrogens with one attached hydrogen (secondary N) is 4. The summed E-state index contributed by atoms with van der Waals surface area (Å²) in [6.07, 6.45) is 7.20. The van der Waals surface area contributed by atoms with E-state index in [0.717, 1.165) is 63.9 Å². The van der Waals surface area contributed by atoms with Crippen LogP contribution in [0.4, 0.5) is 4.39 Å². The Bertz CT molecular complexity index is 1520. The molecular formula is C36H44FN7. The van der Waals surface area contributed by atoms with E-state index in [1.54, 1.807) is 6.92 Å². The number of H-pyrrole nitrogens is 1. The number of aromatic nitrogens is 3. The summed E-state index contributed by atoms with van der Waals surface area (Å²) in [6.45, 7) is 9.76. The van der Waals surface area contributed by atoms with Gasteiger partial charge in [0.25, 0.3) is 0 Å². The maximum absolute atomic E-state index is 11.3. The van der Waals surface area contributed by atoms with Crippen LogP contribution in [0.3, 0.4) is 0 Å². The average Bonchev–Trinajstić information content (AvgIpc) is 3.48. The predicted octanol–water partition coefficient (Wildman–Crippen LogP) is 6.47. The van der Waals surface area contributed by atoms with Crippen LogP contribution < -0.4 is 16.0 Å². The fourth-order valence-electron chi connectivity index (χ4n) is 4.66. The highest BCUT2D eigenvalue weighted by Crippen LogP contribution is 2.17. The Morgan fingerprint density at radius 2 is 1.41 bits per heavy atom. The third-order valence-corrected chi connectivity index (χ3v) is 7.15. The van der Waals surface area contributed by atoms with Crippen LogP contribution in [-0.2, 0) is 32.7 Å². The first-order valence-corrected chi connectivity index (χ1v) is 15.2. The molecule has 0 saturated carbocycles. The summed E-state index contributed by atoms with van der Waals surface area (Å²) in [5.41, 5.74) is 7.19. The number of nitrogens with zero attached hydrogens (tertiary/aromatic N) is 3. The van der Waals surface area contributed by atoms with Crippen LogP contribution in [-0.4, -0.2) is 39.6 Å². The first-order chi connectivity index (χ1) is 21.6. The molecule has 0 aliphatic carbocycles. The lowest BCUT2D eigenvalue weighted by Crippen LogP contribution is -2.38. The van der Waals surface area contributed by atoms with Crippen LogP contribution in [0.15, 0.2) is 115 Å². The van der Waals surface area contributed by atoms with Gasteiger partial charge in [-0.3, -0.25) is 20.2 Å². The van der Waals surface area contributed by atoms with Gasteiger partial charge in [-0.15, -0.1) is 0 Å². The topological polar surface area (TPSA) is 80.9 Å². The first kappa shape index (κ1) is 32.7. The fraction of sp³-hybridized carbons (Fsp3) is 0.278. The molecule has 4 N–H and O–H groups in total. The number of rotatable bonds is 15. The summed E-state index contributed by atoms with van der Waals surface area (Å²) >= 11 is 0. The summed E-state index contributed by atoms with van der Waals surface area (Å²) in [4.78, 5) is 14.6. The summed E-state index contributed by atoms with van der Waals surface area (Å²) in [6, 6.07) is 29.5. The van der Waals surface area contributed by atoms with E-state index in [9.17, 15) is 4.39 Å². The van der Waals surface area contributed by atoms with Crippen molar-refractivity contribution in [3.8, 4) is 0 Å². The van der Waals surface area contributed by atoms with Gasteiger partial charge in [0, 0.05) is 82.0 Å². The Morgan fingerprint density at radius 3 is 2.07 bits per heavy atom. The zero-order valence-corrected chi connectivity index (χ0v) is 25.8. The molecule has 2 aromatic carbocycles. The van der Waals surface area contributed by atoms with E-state index in [0.29, 0.717) is 0 Å². The molecule has 0 aliphatic heterocycles. The molecule has 8 heteroatoms. The van der Waals surface area contributed by atoms with Gasteiger partial charge in [-0.2, -0.15) is 0 Å². The highest BCUT2D eigenvalue weighted by molar-refractivity contribution is 5.82. The second kappa shape index (κ2) is 18.5. The van der Waals surface area contributed by atoms with E-state index in [1.165, 1.54) is 40.6 Å². The molecule has 0 spiro atoms. The van der Waals surface area contributed by atoms with Crippen molar-refractivity contribution < 1.29 is 4.39 Å². The number of fused-ring (bicyclic) bond motifs is 1. The van der Waals surface area contributed by atoms with Crippen LogP contribution in [0.1, 0.15) is 41.9 Å². The summed E-state index contributed by atoms with van der Waals surface area (Å²) in [7, 11) is 0. The van der Waals surface area contributed by atoms with Crippen molar-refractivity contribution in [1.29, 1.82) is 0 Å². The molecule has 0 amide bonds. The maximum Gasteiger partial charge on any atom is 0.0926 e. The van der Waals surface area contributed by atoms with Gasteiger partial charge in [0.2, 0.25) is 0 Å². The SMILES string of the molecule is C/C=C(\C)F.c1ccc(CNCCN(CNCc2ccccn2)Cc2ccc(CNCc3c[nH]c4ccccc34)cc2)nc1. The van der Waals surface area contributed by atoms with Gasteiger partial charge in [-0.1, -0.05) is 60.7 Å². The zero-order valence-electron chi connectivity index (χ0n) is 25.8. The average molecular weight is 594 g/mol. The predicted molar refractivity (Wildman–Crippen MR) is 178 cm³/mol. The third kappa shape index (κ3) is 11.5. The molecule has 44 heavy (non-hydrogen) atoms. The van der Waals surface area contributed by atoms with Gasteiger partial charge in [0.15, 0.2) is 0 Å². The molecule has 5 rings (SSSR count). The van der Waals surface area contributed by atoms with Gasteiger partial charge in [0.1, 0.15) is 0 Å². The monoisotopic (exact) mass is 593 g/mol. The highest BCUT2D eigenvalue weighted by atomic mass is 19.1. The largest absolute Gasteiger partial charge is 0.361 e. The van der Waals surface area contributed by atoms with Gasteiger partial charge >= 0.3 is 0 Å². The summed E-state index contributed by atoms with van der Waals surface area (Å²) in [5.74, 6) is -0.120. The number of hydrogen-bond acceptors (Lipinski definition) is 6. The Kier molecular flexibility index (Phi) is 13.7.